The van der Waals surface area contributed by atoms with E-state index in [4.69, 9.17) is 10.5 Å². The van der Waals surface area contributed by atoms with Crippen molar-refractivity contribution in [3.05, 3.63) is 110 Å². The quantitative estimate of drug-likeness (QED) is 0.648. The Morgan fingerprint density at radius 2 is 1.75 bits per heavy atom. The Morgan fingerprint density at radius 1 is 1.09 bits per heavy atom. The van der Waals surface area contributed by atoms with Crippen LogP contribution in [0.3, 0.4) is 0 Å². The van der Waals surface area contributed by atoms with Crippen LogP contribution in [0.1, 0.15) is 59.2 Å². The van der Waals surface area contributed by atoms with Crippen LogP contribution in [-0.2, 0) is 6.54 Å². The van der Waals surface area contributed by atoms with Crippen LogP contribution in [0, 0.1) is 25.2 Å². The zero-order valence-electron chi connectivity index (χ0n) is 18.8. The molecule has 0 spiro atoms. The predicted molar refractivity (Wildman–Crippen MR) is 126 cm³/mol. The third-order valence-corrected chi connectivity index (χ3v) is 6.09. The lowest BCUT2D eigenvalue weighted by atomic mass is 9.83. The fourth-order valence-corrected chi connectivity index (χ4v) is 4.17. The third kappa shape index (κ3) is 3.80. The minimum Gasteiger partial charge on any atom is -0.440 e. The van der Waals surface area contributed by atoms with Crippen LogP contribution in [0.2, 0.25) is 0 Å². The van der Waals surface area contributed by atoms with Gasteiger partial charge in [-0.15, -0.1) is 0 Å². The Balaban J connectivity index is 1.88. The van der Waals surface area contributed by atoms with E-state index in [0.29, 0.717) is 23.8 Å². The number of ether oxygens (including phenoxy) is 1. The number of benzene rings is 2. The van der Waals surface area contributed by atoms with Crippen molar-refractivity contribution >= 4 is 0 Å². The summed E-state index contributed by atoms with van der Waals surface area (Å²) in [5.74, 6) is 0.286. The second kappa shape index (κ2) is 8.39. The van der Waals surface area contributed by atoms with Crippen molar-refractivity contribution in [2.24, 2.45) is 5.73 Å². The van der Waals surface area contributed by atoms with Gasteiger partial charge in [-0.25, -0.2) is 0 Å². The normalized spacial score (nSPS) is 15.3. The molecular formula is C27H27N3O2. The minimum absolute atomic E-state index is 0.0491. The van der Waals surface area contributed by atoms with Gasteiger partial charge in [0, 0.05) is 11.8 Å². The first-order valence-corrected chi connectivity index (χ1v) is 10.8. The number of hydrogen-bond donors (Lipinski definition) is 1. The molecule has 0 bridgehead atoms. The Bertz CT molecular complexity index is 1290. The van der Waals surface area contributed by atoms with Gasteiger partial charge in [0.05, 0.1) is 18.0 Å². The molecule has 162 valence electrons. The van der Waals surface area contributed by atoms with Crippen LogP contribution in [0.4, 0.5) is 0 Å². The number of nitrogens with zero attached hydrogens (tertiary/aromatic N) is 2. The molecule has 4 rings (SSSR count). The van der Waals surface area contributed by atoms with Crippen molar-refractivity contribution in [2.45, 2.75) is 46.1 Å². The molecule has 1 aliphatic rings. The summed E-state index contributed by atoms with van der Waals surface area (Å²) < 4.78 is 7.49. The SMILES string of the molecule is Cc1ccc(Cn2c(C)cc3c(c2=O)[C@@H](c2ccc(C(C)C)cc2)C(C#N)=C(N)O3)cc1. The minimum atomic E-state index is -0.567. The molecule has 2 heterocycles. The summed E-state index contributed by atoms with van der Waals surface area (Å²) in [6.45, 7) is 8.62. The van der Waals surface area contributed by atoms with Crippen LogP contribution < -0.4 is 16.0 Å². The van der Waals surface area contributed by atoms with E-state index in [1.807, 2.05) is 68.4 Å². The number of fused-ring (bicyclic) bond motifs is 1. The van der Waals surface area contributed by atoms with E-state index in [-0.39, 0.29) is 17.0 Å². The van der Waals surface area contributed by atoms with Crippen LogP contribution in [0.5, 0.6) is 5.75 Å². The molecule has 0 aliphatic carbocycles. The van der Waals surface area contributed by atoms with Crippen LogP contribution in [-0.4, -0.2) is 4.57 Å². The van der Waals surface area contributed by atoms with Gasteiger partial charge in [-0.1, -0.05) is 67.9 Å². The summed E-state index contributed by atoms with van der Waals surface area (Å²) in [4.78, 5) is 13.7. The molecule has 1 aliphatic heterocycles. The molecule has 5 nitrogen and oxygen atoms in total. The molecule has 0 saturated carbocycles. The average molecular weight is 426 g/mol. The summed E-state index contributed by atoms with van der Waals surface area (Å²) in [5.41, 5.74) is 11.7. The highest BCUT2D eigenvalue weighted by Crippen LogP contribution is 2.40. The standard InChI is InChI=1S/C27H27N3O2/c1-16(2)20-9-11-21(12-10-20)24-22(14-28)26(29)32-23-13-18(4)30(27(31)25(23)24)15-19-7-5-17(3)6-8-19/h5-13,16,24H,15,29H2,1-4H3/t24-/m0/s1. The molecule has 0 radical (unpaired) electrons. The van der Waals surface area contributed by atoms with Gasteiger partial charge in [0.1, 0.15) is 17.4 Å². The Hall–Kier alpha value is -3.78. The zero-order chi connectivity index (χ0) is 23.0. The molecular weight excluding hydrogens is 398 g/mol. The number of nitriles is 1. The number of rotatable bonds is 4. The maximum absolute atomic E-state index is 13.7. The lowest BCUT2D eigenvalue weighted by Crippen LogP contribution is -2.33. The van der Waals surface area contributed by atoms with Gasteiger partial charge >= 0.3 is 0 Å². The van der Waals surface area contributed by atoms with E-state index < -0.39 is 5.92 Å². The summed E-state index contributed by atoms with van der Waals surface area (Å²) in [5, 5.41) is 9.86. The number of hydrogen-bond acceptors (Lipinski definition) is 4. The van der Waals surface area contributed by atoms with Gasteiger partial charge in [-0.3, -0.25) is 4.79 Å². The second-order valence-corrected chi connectivity index (χ2v) is 8.69. The van der Waals surface area contributed by atoms with Crippen molar-refractivity contribution < 1.29 is 4.74 Å². The third-order valence-electron chi connectivity index (χ3n) is 6.09. The molecule has 1 aromatic heterocycles. The first kappa shape index (κ1) is 21.5. The van der Waals surface area contributed by atoms with Gasteiger partial charge < -0.3 is 15.0 Å². The first-order chi connectivity index (χ1) is 15.3. The van der Waals surface area contributed by atoms with E-state index >= 15 is 0 Å². The smallest absolute Gasteiger partial charge is 0.259 e. The lowest BCUT2D eigenvalue weighted by molar-refractivity contribution is 0.389. The van der Waals surface area contributed by atoms with E-state index in [1.54, 1.807) is 4.57 Å². The lowest BCUT2D eigenvalue weighted by Gasteiger charge is -2.27. The summed E-state index contributed by atoms with van der Waals surface area (Å²) in [6.07, 6.45) is 0. The molecule has 5 heteroatoms. The van der Waals surface area contributed by atoms with E-state index in [9.17, 15) is 10.1 Å². The second-order valence-electron chi connectivity index (χ2n) is 8.69. The monoisotopic (exact) mass is 425 g/mol. The Kier molecular flexibility index (Phi) is 5.63. The summed E-state index contributed by atoms with van der Waals surface area (Å²) in [6, 6.07) is 20.2. The molecule has 0 fully saturated rings. The van der Waals surface area contributed by atoms with Crippen molar-refractivity contribution in [3.63, 3.8) is 0 Å². The first-order valence-electron chi connectivity index (χ1n) is 10.8. The van der Waals surface area contributed by atoms with Crippen molar-refractivity contribution in [3.8, 4) is 11.8 Å². The molecule has 0 amide bonds. The average Bonchev–Trinajstić information content (AvgIpc) is 2.77. The number of aryl methyl sites for hydroxylation is 2. The highest BCUT2D eigenvalue weighted by molar-refractivity contribution is 5.55. The van der Waals surface area contributed by atoms with E-state index in [0.717, 1.165) is 16.8 Å². The molecule has 32 heavy (non-hydrogen) atoms. The molecule has 3 aromatic rings. The van der Waals surface area contributed by atoms with Crippen LogP contribution in [0.15, 0.2) is 70.8 Å². The topological polar surface area (TPSA) is 81.0 Å². The number of allylic oxidation sites excluding steroid dienone is 1. The van der Waals surface area contributed by atoms with Gasteiger partial charge in [0.2, 0.25) is 5.88 Å². The predicted octanol–water partition coefficient (Wildman–Crippen LogP) is 4.86. The van der Waals surface area contributed by atoms with E-state index in [1.165, 1.54) is 11.1 Å². The Labute approximate surface area is 188 Å². The van der Waals surface area contributed by atoms with Crippen molar-refractivity contribution in [1.82, 2.24) is 4.57 Å². The van der Waals surface area contributed by atoms with Crippen LogP contribution >= 0.6 is 0 Å². The number of nitrogens with two attached hydrogens (primary N) is 1. The molecule has 2 N–H and O–H groups in total. The highest BCUT2D eigenvalue weighted by Gasteiger charge is 2.34. The fourth-order valence-electron chi connectivity index (χ4n) is 4.17. The molecule has 2 aromatic carbocycles. The number of pyridine rings is 1. The van der Waals surface area contributed by atoms with Crippen molar-refractivity contribution in [2.75, 3.05) is 0 Å². The van der Waals surface area contributed by atoms with Gasteiger partial charge in [0.25, 0.3) is 5.56 Å². The highest BCUT2D eigenvalue weighted by atomic mass is 16.5. The maximum Gasteiger partial charge on any atom is 0.259 e. The zero-order valence-corrected chi connectivity index (χ0v) is 18.8. The van der Waals surface area contributed by atoms with Crippen LogP contribution in [0.25, 0.3) is 0 Å². The van der Waals surface area contributed by atoms with Gasteiger partial charge in [0.15, 0.2) is 0 Å². The number of aromatic nitrogens is 1. The van der Waals surface area contributed by atoms with Gasteiger partial charge in [-0.2, -0.15) is 5.26 Å². The molecule has 0 unspecified atom stereocenters. The molecule has 0 saturated heterocycles. The van der Waals surface area contributed by atoms with Crippen molar-refractivity contribution in [1.29, 1.82) is 5.26 Å². The molecule has 1 atom stereocenters. The fraction of sp³-hybridized carbons (Fsp3) is 0.259. The maximum atomic E-state index is 13.7. The summed E-state index contributed by atoms with van der Waals surface area (Å²) in [7, 11) is 0. The Morgan fingerprint density at radius 3 is 2.34 bits per heavy atom. The summed E-state index contributed by atoms with van der Waals surface area (Å²) >= 11 is 0. The van der Waals surface area contributed by atoms with Gasteiger partial charge in [-0.05, 0) is 36.5 Å². The largest absolute Gasteiger partial charge is 0.440 e. The van der Waals surface area contributed by atoms with E-state index in [2.05, 4.69) is 19.9 Å².